The molecule has 0 heterocycles. The standard InChI is InChI=1S/C10H13NO2/c1-3-5-7-13-10(12)9(8-11)6-4-2/h4,6H,2-3,5,7H2,1H3/b9-6+. The van der Waals surface area contributed by atoms with Crippen molar-refractivity contribution in [3.63, 3.8) is 0 Å². The predicted octanol–water partition coefficient (Wildman–Crippen LogP) is 1.97. The first-order valence-corrected chi connectivity index (χ1v) is 4.16. The number of carbonyl (C=O) groups excluding carboxylic acids is 1. The number of unbranched alkanes of at least 4 members (excludes halogenated alkanes) is 1. The van der Waals surface area contributed by atoms with E-state index in [4.69, 9.17) is 10.00 Å². The fourth-order valence-corrected chi connectivity index (χ4v) is 0.656. The van der Waals surface area contributed by atoms with E-state index in [2.05, 4.69) is 6.58 Å². The van der Waals surface area contributed by atoms with E-state index in [0.717, 1.165) is 12.8 Å². The molecule has 0 spiro atoms. The van der Waals surface area contributed by atoms with Crippen molar-refractivity contribution in [3.8, 4) is 6.07 Å². The molecule has 3 nitrogen and oxygen atoms in total. The van der Waals surface area contributed by atoms with E-state index in [9.17, 15) is 4.79 Å². The zero-order valence-electron chi connectivity index (χ0n) is 7.75. The van der Waals surface area contributed by atoms with Crippen molar-refractivity contribution in [2.45, 2.75) is 19.8 Å². The Hall–Kier alpha value is -1.56. The van der Waals surface area contributed by atoms with Gasteiger partial charge in [0.2, 0.25) is 0 Å². The molecule has 0 aliphatic carbocycles. The van der Waals surface area contributed by atoms with Crippen LogP contribution in [0, 0.1) is 11.3 Å². The monoisotopic (exact) mass is 179 g/mol. The third-order valence-electron chi connectivity index (χ3n) is 1.36. The van der Waals surface area contributed by atoms with Gasteiger partial charge in [-0.25, -0.2) is 4.79 Å². The maximum Gasteiger partial charge on any atom is 0.348 e. The zero-order chi connectivity index (χ0) is 10.1. The molecule has 0 aromatic carbocycles. The summed E-state index contributed by atoms with van der Waals surface area (Å²) in [7, 11) is 0. The van der Waals surface area contributed by atoms with Gasteiger partial charge in [0.25, 0.3) is 0 Å². The fourth-order valence-electron chi connectivity index (χ4n) is 0.656. The third-order valence-corrected chi connectivity index (χ3v) is 1.36. The van der Waals surface area contributed by atoms with E-state index in [1.807, 2.05) is 6.92 Å². The van der Waals surface area contributed by atoms with Crippen molar-refractivity contribution < 1.29 is 9.53 Å². The molecule has 0 amide bonds. The first kappa shape index (κ1) is 11.4. The summed E-state index contributed by atoms with van der Waals surface area (Å²) in [5.41, 5.74) is -0.00824. The van der Waals surface area contributed by atoms with Crippen LogP contribution in [-0.4, -0.2) is 12.6 Å². The quantitative estimate of drug-likeness (QED) is 0.213. The number of nitriles is 1. The minimum absolute atomic E-state index is 0.00824. The molecule has 0 rings (SSSR count). The average molecular weight is 179 g/mol. The number of carbonyl (C=O) groups is 1. The lowest BCUT2D eigenvalue weighted by molar-refractivity contribution is -0.138. The van der Waals surface area contributed by atoms with Crippen LogP contribution in [0.3, 0.4) is 0 Å². The van der Waals surface area contributed by atoms with Crippen LogP contribution in [0.15, 0.2) is 24.3 Å². The Morgan fingerprint density at radius 2 is 2.38 bits per heavy atom. The predicted molar refractivity (Wildman–Crippen MR) is 49.8 cm³/mol. The molecule has 0 unspecified atom stereocenters. The minimum Gasteiger partial charge on any atom is -0.462 e. The van der Waals surface area contributed by atoms with Crippen LogP contribution in [0.25, 0.3) is 0 Å². The molecule has 3 heteroatoms. The molecule has 0 saturated heterocycles. The van der Waals surface area contributed by atoms with Crippen LogP contribution >= 0.6 is 0 Å². The summed E-state index contributed by atoms with van der Waals surface area (Å²) in [6, 6.07) is 1.74. The number of nitrogens with zero attached hydrogens (tertiary/aromatic N) is 1. The molecule has 13 heavy (non-hydrogen) atoms. The smallest absolute Gasteiger partial charge is 0.348 e. The molecule has 0 aromatic heterocycles. The molecule has 0 aliphatic heterocycles. The Bertz CT molecular complexity index is 248. The highest BCUT2D eigenvalue weighted by molar-refractivity contribution is 5.93. The van der Waals surface area contributed by atoms with Crippen LogP contribution < -0.4 is 0 Å². The molecule has 0 aromatic rings. The van der Waals surface area contributed by atoms with Crippen LogP contribution in [0.4, 0.5) is 0 Å². The summed E-state index contributed by atoms with van der Waals surface area (Å²) in [4.78, 5) is 11.1. The molecule has 70 valence electrons. The van der Waals surface area contributed by atoms with E-state index in [0.29, 0.717) is 6.61 Å². The van der Waals surface area contributed by atoms with E-state index in [1.165, 1.54) is 12.2 Å². The Morgan fingerprint density at radius 1 is 1.69 bits per heavy atom. The Morgan fingerprint density at radius 3 is 2.85 bits per heavy atom. The first-order chi connectivity index (χ1) is 6.26. The summed E-state index contributed by atoms with van der Waals surface area (Å²) in [5, 5.41) is 8.52. The lowest BCUT2D eigenvalue weighted by Gasteiger charge is -2.00. The highest BCUT2D eigenvalue weighted by Crippen LogP contribution is 1.98. The zero-order valence-corrected chi connectivity index (χ0v) is 7.75. The summed E-state index contributed by atoms with van der Waals surface area (Å²) < 4.78 is 4.81. The molecular formula is C10H13NO2. The molecule has 0 N–H and O–H groups in total. The molecule has 0 bridgehead atoms. The lowest BCUT2D eigenvalue weighted by Crippen LogP contribution is -2.07. The maximum absolute atomic E-state index is 11.1. The van der Waals surface area contributed by atoms with Crippen molar-refractivity contribution in [2.24, 2.45) is 0 Å². The van der Waals surface area contributed by atoms with Gasteiger partial charge < -0.3 is 4.74 Å². The second-order valence-electron chi connectivity index (χ2n) is 2.42. The molecule has 0 radical (unpaired) electrons. The van der Waals surface area contributed by atoms with E-state index in [1.54, 1.807) is 6.07 Å². The van der Waals surface area contributed by atoms with Gasteiger partial charge in [-0.2, -0.15) is 5.26 Å². The van der Waals surface area contributed by atoms with Crippen molar-refractivity contribution >= 4 is 5.97 Å². The Balaban J connectivity index is 4.02. The first-order valence-electron chi connectivity index (χ1n) is 4.16. The maximum atomic E-state index is 11.1. The fraction of sp³-hybridized carbons (Fsp3) is 0.400. The molecule has 0 atom stereocenters. The summed E-state index contributed by atoms with van der Waals surface area (Å²) in [6.07, 6.45) is 4.51. The Kier molecular flexibility index (Phi) is 6.26. The highest BCUT2D eigenvalue weighted by atomic mass is 16.5. The van der Waals surface area contributed by atoms with Gasteiger partial charge in [0, 0.05) is 0 Å². The van der Waals surface area contributed by atoms with Crippen LogP contribution in [0.2, 0.25) is 0 Å². The van der Waals surface area contributed by atoms with Crippen LogP contribution in [0.5, 0.6) is 0 Å². The van der Waals surface area contributed by atoms with Gasteiger partial charge >= 0.3 is 5.97 Å². The molecule has 0 fully saturated rings. The van der Waals surface area contributed by atoms with Gasteiger partial charge in [-0.15, -0.1) is 0 Å². The van der Waals surface area contributed by atoms with Crippen LogP contribution in [0.1, 0.15) is 19.8 Å². The number of hydrogen-bond donors (Lipinski definition) is 0. The number of allylic oxidation sites excluding steroid dienone is 2. The highest BCUT2D eigenvalue weighted by Gasteiger charge is 2.07. The number of rotatable bonds is 5. The third kappa shape index (κ3) is 4.81. The normalized spacial score (nSPS) is 10.3. The van der Waals surface area contributed by atoms with Gasteiger partial charge in [0.05, 0.1) is 6.61 Å². The van der Waals surface area contributed by atoms with Gasteiger partial charge in [-0.3, -0.25) is 0 Å². The number of hydrogen-bond acceptors (Lipinski definition) is 3. The van der Waals surface area contributed by atoms with Gasteiger partial charge in [-0.1, -0.05) is 26.0 Å². The molecule has 0 saturated carbocycles. The topological polar surface area (TPSA) is 50.1 Å². The molecular weight excluding hydrogens is 166 g/mol. The lowest BCUT2D eigenvalue weighted by atomic mass is 10.3. The Labute approximate surface area is 78.3 Å². The second kappa shape index (κ2) is 7.11. The molecule has 0 aliphatic rings. The summed E-state index contributed by atoms with van der Waals surface area (Å²) >= 11 is 0. The SMILES string of the molecule is C=C/C=C(\C#N)C(=O)OCCCC. The van der Waals surface area contributed by atoms with Crippen molar-refractivity contribution in [2.75, 3.05) is 6.61 Å². The van der Waals surface area contributed by atoms with Crippen molar-refractivity contribution in [1.29, 1.82) is 5.26 Å². The minimum atomic E-state index is -0.573. The van der Waals surface area contributed by atoms with Crippen LogP contribution in [-0.2, 0) is 9.53 Å². The van der Waals surface area contributed by atoms with E-state index >= 15 is 0 Å². The number of ether oxygens (including phenoxy) is 1. The van der Waals surface area contributed by atoms with E-state index in [-0.39, 0.29) is 5.57 Å². The average Bonchev–Trinajstić information content (AvgIpc) is 2.14. The largest absolute Gasteiger partial charge is 0.462 e. The summed E-state index contributed by atoms with van der Waals surface area (Å²) in [6.45, 7) is 5.76. The summed E-state index contributed by atoms with van der Waals surface area (Å²) in [5.74, 6) is -0.573. The van der Waals surface area contributed by atoms with Gasteiger partial charge in [0.15, 0.2) is 0 Å². The second-order valence-corrected chi connectivity index (χ2v) is 2.42. The number of esters is 1. The van der Waals surface area contributed by atoms with Crippen molar-refractivity contribution in [1.82, 2.24) is 0 Å². The van der Waals surface area contributed by atoms with Gasteiger partial charge in [-0.05, 0) is 12.5 Å². The van der Waals surface area contributed by atoms with E-state index < -0.39 is 5.97 Å². The van der Waals surface area contributed by atoms with Crippen molar-refractivity contribution in [3.05, 3.63) is 24.3 Å². The van der Waals surface area contributed by atoms with Gasteiger partial charge in [0.1, 0.15) is 11.6 Å².